The van der Waals surface area contributed by atoms with Crippen LogP contribution in [0.1, 0.15) is 29.9 Å². The summed E-state index contributed by atoms with van der Waals surface area (Å²) in [6.07, 6.45) is 2.29. The number of nitrogens with one attached hydrogen (secondary N) is 1. The predicted molar refractivity (Wildman–Crippen MR) is 233 cm³/mol. The van der Waals surface area contributed by atoms with E-state index in [0.29, 0.717) is 44.6 Å². The molecule has 5 aromatic rings. The summed E-state index contributed by atoms with van der Waals surface area (Å²) in [5.74, 6) is -5.21. The van der Waals surface area contributed by atoms with Crippen molar-refractivity contribution in [2.24, 2.45) is 33.9 Å². The Balaban J connectivity index is 1.10. The third-order valence-corrected chi connectivity index (χ3v) is 13.1. The number of nitrogens with zero attached hydrogens (tertiary/aromatic N) is 5. The molecule has 2 heterocycles. The van der Waals surface area contributed by atoms with Crippen molar-refractivity contribution >= 4 is 75.3 Å². The minimum absolute atomic E-state index is 0.0291. The molecule has 4 amide bonds. The molecule has 14 heteroatoms. The van der Waals surface area contributed by atoms with Gasteiger partial charge in [-0.3, -0.25) is 29.5 Å². The molecule has 0 aromatic heterocycles. The zero-order valence-corrected chi connectivity index (χ0v) is 34.8. The molecule has 9 rings (SSSR count). The van der Waals surface area contributed by atoms with E-state index in [1.54, 1.807) is 79.9 Å². The Bertz CT molecular complexity index is 2650. The fraction of sp³-hybridized carbons (Fsp3) is 0.234. The van der Waals surface area contributed by atoms with Gasteiger partial charge in [0.05, 0.1) is 58.1 Å². The molecule has 2 aliphatic heterocycles. The number of hydrogen-bond donors (Lipinski definition) is 2. The average Bonchev–Trinajstić information content (AvgIpc) is 3.64. The quantitative estimate of drug-likeness (QED) is 0.0848. The molecule has 6 atom stereocenters. The monoisotopic (exact) mass is 854 g/mol. The maximum absolute atomic E-state index is 15.4. The minimum Gasteiger partial charge on any atom is -0.508 e. The van der Waals surface area contributed by atoms with Crippen molar-refractivity contribution in [1.29, 1.82) is 0 Å². The first kappa shape index (κ1) is 39.9. The summed E-state index contributed by atoms with van der Waals surface area (Å²) in [6, 6.07) is 32.8. The van der Waals surface area contributed by atoms with Gasteiger partial charge in [0.15, 0.2) is 0 Å². The van der Waals surface area contributed by atoms with E-state index in [9.17, 15) is 19.5 Å². The highest BCUT2D eigenvalue weighted by molar-refractivity contribution is 6.36. The molecular formula is C47H40Cl2N6O6. The Labute approximate surface area is 362 Å². The molecule has 2 aliphatic carbocycles. The lowest BCUT2D eigenvalue weighted by molar-refractivity contribution is -0.138. The number of phenolic OH excluding ortho intramolecular Hbond substituents is 1. The SMILES string of the molecule is COc1ccc(C23C(=O)N(Nc4ccc(Cl)cc4Cl)C(=O)C2CC2C(=CCC4C(=O)N(c5ccc(N=Nc6ccc(N(C)C)cc6)cc5)C(=O)C42)C3c2cccc(O)c2)cc1. The van der Waals surface area contributed by atoms with E-state index in [1.165, 1.54) is 17.0 Å². The van der Waals surface area contributed by atoms with Crippen molar-refractivity contribution < 1.29 is 29.0 Å². The molecule has 12 nitrogen and oxygen atoms in total. The number of ether oxygens (including phenoxy) is 1. The number of hydrogen-bond acceptors (Lipinski definition) is 10. The summed E-state index contributed by atoms with van der Waals surface area (Å²) >= 11 is 12.8. The normalized spacial score (nSPS) is 24.4. The highest BCUT2D eigenvalue weighted by Gasteiger charge is 2.70. The zero-order valence-electron chi connectivity index (χ0n) is 33.3. The van der Waals surface area contributed by atoms with Gasteiger partial charge < -0.3 is 14.7 Å². The van der Waals surface area contributed by atoms with Crippen molar-refractivity contribution in [2.75, 3.05) is 36.4 Å². The minimum atomic E-state index is -1.55. The van der Waals surface area contributed by atoms with Crippen LogP contribution < -0.4 is 20.0 Å². The number of fused-ring (bicyclic) bond motifs is 4. The number of benzene rings is 5. The van der Waals surface area contributed by atoms with E-state index in [-0.39, 0.29) is 35.4 Å². The van der Waals surface area contributed by atoms with Crippen LogP contribution in [-0.4, -0.2) is 54.9 Å². The Hall–Kier alpha value is -6.50. The highest BCUT2D eigenvalue weighted by Crippen LogP contribution is 2.64. The van der Waals surface area contributed by atoms with Gasteiger partial charge in [-0.15, -0.1) is 0 Å². The van der Waals surface area contributed by atoms with Crippen LogP contribution in [0.2, 0.25) is 10.0 Å². The van der Waals surface area contributed by atoms with Gasteiger partial charge in [0.1, 0.15) is 11.5 Å². The predicted octanol–water partition coefficient (Wildman–Crippen LogP) is 9.38. The summed E-state index contributed by atoms with van der Waals surface area (Å²) < 4.78 is 5.48. The number of hydrazine groups is 1. The molecule has 0 bridgehead atoms. The number of carbonyl (C=O) groups excluding carboxylic acids is 4. The molecule has 1 saturated carbocycles. The number of imide groups is 2. The van der Waals surface area contributed by atoms with E-state index < -0.39 is 46.8 Å². The fourth-order valence-electron chi connectivity index (χ4n) is 9.78. The number of phenols is 1. The van der Waals surface area contributed by atoms with Gasteiger partial charge in [0.2, 0.25) is 11.8 Å². The van der Waals surface area contributed by atoms with Crippen LogP contribution >= 0.6 is 23.2 Å². The topological polar surface area (TPSA) is 144 Å². The van der Waals surface area contributed by atoms with Gasteiger partial charge in [-0.05, 0) is 121 Å². The lowest BCUT2D eigenvalue weighted by atomic mass is 9.49. The molecule has 2 N–H and O–H groups in total. The van der Waals surface area contributed by atoms with Crippen LogP contribution in [0.3, 0.4) is 0 Å². The average molecular weight is 856 g/mol. The number of anilines is 3. The third kappa shape index (κ3) is 6.61. The van der Waals surface area contributed by atoms with E-state index in [2.05, 4.69) is 15.7 Å². The number of aromatic hydroxyl groups is 1. The molecule has 0 radical (unpaired) electrons. The van der Waals surface area contributed by atoms with Crippen LogP contribution in [0.5, 0.6) is 11.5 Å². The number of allylic oxidation sites excluding steroid dienone is 2. The lowest BCUT2D eigenvalue weighted by Gasteiger charge is -2.50. The second kappa shape index (κ2) is 15.5. The second-order valence-corrected chi connectivity index (χ2v) is 16.8. The Kier molecular flexibility index (Phi) is 10.2. The number of methoxy groups -OCH3 is 1. The number of azo groups is 1. The summed E-state index contributed by atoms with van der Waals surface area (Å²) in [6.45, 7) is 0. The molecule has 4 aliphatic rings. The van der Waals surface area contributed by atoms with Gasteiger partial charge in [-0.1, -0.05) is 59.1 Å². The van der Waals surface area contributed by atoms with Crippen molar-refractivity contribution in [3.8, 4) is 11.5 Å². The molecule has 5 aromatic carbocycles. The Morgan fingerprint density at radius 3 is 2.13 bits per heavy atom. The largest absolute Gasteiger partial charge is 0.508 e. The van der Waals surface area contributed by atoms with E-state index >= 15 is 4.79 Å². The number of amides is 4. The van der Waals surface area contributed by atoms with Crippen molar-refractivity contribution in [3.63, 3.8) is 0 Å². The maximum atomic E-state index is 15.4. The van der Waals surface area contributed by atoms with E-state index in [0.717, 1.165) is 16.3 Å². The summed E-state index contributed by atoms with van der Waals surface area (Å²) in [5, 5.41) is 21.2. The third-order valence-electron chi connectivity index (χ3n) is 12.5. The first-order valence-electron chi connectivity index (χ1n) is 19.8. The van der Waals surface area contributed by atoms with Gasteiger partial charge in [-0.2, -0.15) is 15.2 Å². The molecular weight excluding hydrogens is 815 g/mol. The van der Waals surface area contributed by atoms with Crippen molar-refractivity contribution in [2.45, 2.75) is 24.2 Å². The molecule has 2 saturated heterocycles. The summed E-state index contributed by atoms with van der Waals surface area (Å²) in [5.41, 5.74) is 6.27. The molecule has 3 fully saturated rings. The van der Waals surface area contributed by atoms with Gasteiger partial charge >= 0.3 is 0 Å². The van der Waals surface area contributed by atoms with Crippen LogP contribution in [-0.2, 0) is 24.6 Å². The van der Waals surface area contributed by atoms with Gasteiger partial charge in [0.25, 0.3) is 11.8 Å². The van der Waals surface area contributed by atoms with Gasteiger partial charge in [-0.25, -0.2) is 0 Å². The van der Waals surface area contributed by atoms with E-state index in [4.69, 9.17) is 27.9 Å². The smallest absolute Gasteiger partial charge is 0.260 e. The molecule has 308 valence electrons. The van der Waals surface area contributed by atoms with Crippen LogP contribution in [0.4, 0.5) is 28.4 Å². The number of halogens is 2. The Morgan fingerprint density at radius 2 is 1.49 bits per heavy atom. The lowest BCUT2D eigenvalue weighted by Crippen LogP contribution is -2.53. The second-order valence-electron chi connectivity index (χ2n) is 15.9. The van der Waals surface area contributed by atoms with Crippen molar-refractivity contribution in [1.82, 2.24) is 5.01 Å². The first-order valence-corrected chi connectivity index (χ1v) is 20.6. The number of rotatable bonds is 9. The van der Waals surface area contributed by atoms with Crippen LogP contribution in [0.15, 0.2) is 137 Å². The molecule has 0 spiro atoms. The Morgan fingerprint density at radius 1 is 0.803 bits per heavy atom. The first-order chi connectivity index (χ1) is 29.4. The van der Waals surface area contributed by atoms with Crippen LogP contribution in [0, 0.1) is 23.7 Å². The number of carbonyl (C=O) groups is 4. The zero-order chi connectivity index (χ0) is 42.7. The summed E-state index contributed by atoms with van der Waals surface area (Å²) in [7, 11) is 5.46. The maximum Gasteiger partial charge on any atom is 0.260 e. The molecule has 61 heavy (non-hydrogen) atoms. The van der Waals surface area contributed by atoms with E-state index in [1.807, 2.05) is 55.4 Å². The fourth-order valence-corrected chi connectivity index (χ4v) is 10.2. The molecule has 6 unspecified atom stereocenters. The van der Waals surface area contributed by atoms with Crippen LogP contribution in [0.25, 0.3) is 0 Å². The summed E-state index contributed by atoms with van der Waals surface area (Å²) in [4.78, 5) is 62.8. The standard InChI is InChI=1S/C47H40Cl2N6O6/c1-53(2)31-14-10-29(11-15-31)50-51-30-12-16-32(17-13-30)54-43(57)36-21-20-35-37(41(36)45(54)59)25-38-44(58)55(52-40-22-9-28(48)24-39(40)49)46(60)47(38,27-7-18-34(61-3)19-8-27)42(35)26-5-4-6-33(56)23-26/h4-20,22-24,36-38,41-42,52,56H,21,25H2,1-3H3. The van der Waals surface area contributed by atoms with Crippen molar-refractivity contribution in [3.05, 3.63) is 148 Å². The highest BCUT2D eigenvalue weighted by atomic mass is 35.5. The van der Waals surface area contributed by atoms with Gasteiger partial charge in [0, 0.05) is 30.7 Å².